The van der Waals surface area contributed by atoms with Crippen LogP contribution in [0.2, 0.25) is 0 Å². The number of amides is 1. The maximum atomic E-state index is 12.1. The summed E-state index contributed by atoms with van der Waals surface area (Å²) in [5, 5.41) is 9.10. The lowest BCUT2D eigenvalue weighted by atomic mass is 9.94. The van der Waals surface area contributed by atoms with Crippen LogP contribution < -0.4 is 0 Å². The van der Waals surface area contributed by atoms with E-state index in [4.69, 9.17) is 9.52 Å². The number of carboxylic acids is 1. The van der Waals surface area contributed by atoms with Crippen molar-refractivity contribution >= 4 is 11.9 Å². The van der Waals surface area contributed by atoms with Gasteiger partial charge in [-0.05, 0) is 13.8 Å². The topological polar surface area (TPSA) is 83.6 Å². The van der Waals surface area contributed by atoms with Crippen molar-refractivity contribution in [3.05, 3.63) is 17.8 Å². The Morgan fingerprint density at radius 3 is 2.16 bits per heavy atom. The van der Waals surface area contributed by atoms with Crippen molar-refractivity contribution in [2.24, 2.45) is 0 Å². The van der Waals surface area contributed by atoms with E-state index < -0.39 is 17.4 Å². The first-order valence-electron chi connectivity index (χ1n) is 5.96. The lowest BCUT2D eigenvalue weighted by Crippen LogP contribution is -2.50. The molecular weight excluding hydrogens is 248 g/mol. The lowest BCUT2D eigenvalue weighted by Gasteiger charge is -2.30. The Morgan fingerprint density at radius 1 is 1.26 bits per heavy atom. The number of carbonyl (C=O) groups is 2. The van der Waals surface area contributed by atoms with Gasteiger partial charge in [0.2, 0.25) is 0 Å². The molecule has 0 radical (unpaired) electrons. The van der Waals surface area contributed by atoms with E-state index in [1.54, 1.807) is 0 Å². The molecular formula is C13H20N2O4. The number of carbonyl (C=O) groups excluding carboxylic acids is 1. The maximum Gasteiger partial charge on any atom is 0.329 e. The molecule has 1 N–H and O–H groups in total. The summed E-state index contributed by atoms with van der Waals surface area (Å²) in [5.74, 6) is -1.16. The Morgan fingerprint density at radius 2 is 1.79 bits per heavy atom. The largest absolute Gasteiger partial charge is 0.480 e. The SMILES string of the molecule is CN(C(=O)c1ncc(C(C)(C)C)o1)C(C)(C)C(=O)O. The molecule has 6 heteroatoms. The van der Waals surface area contributed by atoms with Gasteiger partial charge in [0.25, 0.3) is 5.89 Å². The molecule has 0 bridgehead atoms. The van der Waals surface area contributed by atoms with Gasteiger partial charge >= 0.3 is 11.9 Å². The standard InChI is InChI=1S/C13H20N2O4/c1-12(2,3)8-7-14-9(19-8)10(16)15(6)13(4,5)11(17)18/h7H,1-6H3,(H,17,18). The zero-order chi connectivity index (χ0) is 15.0. The molecule has 0 saturated heterocycles. The van der Waals surface area contributed by atoms with Crippen LogP contribution in [0.1, 0.15) is 51.1 Å². The number of aromatic nitrogens is 1. The number of hydrogen-bond donors (Lipinski definition) is 1. The number of carboxylic acid groups (broad SMARTS) is 1. The molecule has 1 aromatic heterocycles. The third-order valence-corrected chi connectivity index (χ3v) is 3.09. The van der Waals surface area contributed by atoms with E-state index in [-0.39, 0.29) is 11.3 Å². The molecule has 1 rings (SSSR count). The minimum Gasteiger partial charge on any atom is -0.480 e. The third kappa shape index (κ3) is 2.94. The minimum atomic E-state index is -1.33. The number of hydrogen-bond acceptors (Lipinski definition) is 4. The van der Waals surface area contributed by atoms with Crippen LogP contribution in [-0.2, 0) is 10.2 Å². The summed E-state index contributed by atoms with van der Waals surface area (Å²) in [7, 11) is 1.41. The highest BCUT2D eigenvalue weighted by atomic mass is 16.4. The molecule has 0 aliphatic rings. The van der Waals surface area contributed by atoms with Crippen LogP contribution >= 0.6 is 0 Å². The number of rotatable bonds is 3. The Bertz CT molecular complexity index is 497. The van der Waals surface area contributed by atoms with Crippen molar-refractivity contribution < 1.29 is 19.1 Å². The molecule has 1 aromatic rings. The summed E-state index contributed by atoms with van der Waals surface area (Å²) in [6.45, 7) is 8.70. The molecule has 1 heterocycles. The van der Waals surface area contributed by atoms with Gasteiger partial charge in [0, 0.05) is 12.5 Å². The van der Waals surface area contributed by atoms with Crippen molar-refractivity contribution in [2.75, 3.05) is 7.05 Å². The normalized spacial score (nSPS) is 12.3. The Hall–Kier alpha value is -1.85. The van der Waals surface area contributed by atoms with Crippen molar-refractivity contribution in [1.29, 1.82) is 0 Å². The van der Waals surface area contributed by atoms with Crippen molar-refractivity contribution in [1.82, 2.24) is 9.88 Å². The van der Waals surface area contributed by atoms with Crippen LogP contribution in [0.4, 0.5) is 0 Å². The van der Waals surface area contributed by atoms with E-state index in [2.05, 4.69) is 4.98 Å². The van der Waals surface area contributed by atoms with Gasteiger partial charge in [0.05, 0.1) is 6.20 Å². The van der Waals surface area contributed by atoms with E-state index in [9.17, 15) is 9.59 Å². The van der Waals surface area contributed by atoms with Gasteiger partial charge in [-0.1, -0.05) is 20.8 Å². The molecule has 0 aromatic carbocycles. The van der Waals surface area contributed by atoms with E-state index in [0.717, 1.165) is 4.90 Å². The van der Waals surface area contributed by atoms with Gasteiger partial charge in [-0.3, -0.25) is 4.79 Å². The summed E-state index contributed by atoms with van der Waals surface area (Å²) in [5.41, 5.74) is -1.58. The average Bonchev–Trinajstić information content (AvgIpc) is 2.75. The van der Waals surface area contributed by atoms with Crippen LogP contribution in [0.3, 0.4) is 0 Å². The van der Waals surface area contributed by atoms with Crippen LogP contribution in [0.25, 0.3) is 0 Å². The third-order valence-electron chi connectivity index (χ3n) is 3.09. The van der Waals surface area contributed by atoms with Gasteiger partial charge in [0.1, 0.15) is 11.3 Å². The van der Waals surface area contributed by atoms with E-state index >= 15 is 0 Å². The van der Waals surface area contributed by atoms with E-state index in [0.29, 0.717) is 5.76 Å². The molecule has 0 saturated carbocycles. The van der Waals surface area contributed by atoms with Gasteiger partial charge in [0.15, 0.2) is 0 Å². The fourth-order valence-corrected chi connectivity index (χ4v) is 1.26. The van der Waals surface area contributed by atoms with Crippen LogP contribution in [0.15, 0.2) is 10.6 Å². The molecule has 19 heavy (non-hydrogen) atoms. The van der Waals surface area contributed by atoms with Crippen molar-refractivity contribution in [3.63, 3.8) is 0 Å². The quantitative estimate of drug-likeness (QED) is 0.905. The monoisotopic (exact) mass is 268 g/mol. The predicted octanol–water partition coefficient (Wildman–Crippen LogP) is 1.91. The Balaban J connectivity index is 3.02. The summed E-state index contributed by atoms with van der Waals surface area (Å²) in [4.78, 5) is 28.3. The van der Waals surface area contributed by atoms with E-state index in [1.807, 2.05) is 20.8 Å². The predicted molar refractivity (Wildman–Crippen MR) is 69.0 cm³/mol. The zero-order valence-corrected chi connectivity index (χ0v) is 12.1. The van der Waals surface area contributed by atoms with Crippen LogP contribution in [0, 0.1) is 0 Å². The Kier molecular flexibility index (Phi) is 3.74. The maximum absolute atomic E-state index is 12.1. The van der Waals surface area contributed by atoms with E-state index in [1.165, 1.54) is 27.1 Å². The fourth-order valence-electron chi connectivity index (χ4n) is 1.26. The lowest BCUT2D eigenvalue weighted by molar-refractivity contribution is -0.147. The van der Waals surface area contributed by atoms with Crippen LogP contribution in [0.5, 0.6) is 0 Å². The number of aliphatic carboxylic acids is 1. The first-order chi connectivity index (χ1) is 8.48. The number of nitrogens with zero attached hydrogens (tertiary/aromatic N) is 2. The second kappa shape index (κ2) is 4.68. The molecule has 0 atom stereocenters. The minimum absolute atomic E-state index is 0.0956. The second-order valence-electron chi connectivity index (χ2n) is 6.01. The van der Waals surface area contributed by atoms with Gasteiger partial charge in [-0.25, -0.2) is 9.78 Å². The highest BCUT2D eigenvalue weighted by Crippen LogP contribution is 2.24. The molecule has 6 nitrogen and oxygen atoms in total. The first-order valence-corrected chi connectivity index (χ1v) is 5.96. The number of likely N-dealkylation sites (N-methyl/N-ethyl adjacent to an activating group) is 1. The molecule has 0 aliphatic carbocycles. The highest BCUT2D eigenvalue weighted by molar-refractivity contribution is 5.94. The molecule has 0 aliphatic heterocycles. The summed E-state index contributed by atoms with van der Waals surface area (Å²) in [6, 6.07) is 0. The second-order valence-corrected chi connectivity index (χ2v) is 6.01. The summed E-state index contributed by atoms with van der Waals surface area (Å²) < 4.78 is 5.41. The highest BCUT2D eigenvalue weighted by Gasteiger charge is 2.37. The van der Waals surface area contributed by atoms with Crippen molar-refractivity contribution in [2.45, 2.75) is 45.6 Å². The molecule has 106 valence electrons. The van der Waals surface area contributed by atoms with Crippen LogP contribution in [-0.4, -0.2) is 39.5 Å². The van der Waals surface area contributed by atoms with Gasteiger partial charge in [-0.15, -0.1) is 0 Å². The Labute approximate surface area is 112 Å². The van der Waals surface area contributed by atoms with Crippen molar-refractivity contribution in [3.8, 4) is 0 Å². The average molecular weight is 268 g/mol. The summed E-state index contributed by atoms with van der Waals surface area (Å²) >= 11 is 0. The molecule has 0 spiro atoms. The number of oxazole rings is 1. The molecule has 1 amide bonds. The molecule has 0 unspecified atom stereocenters. The van der Waals surface area contributed by atoms with Gasteiger partial charge in [-0.2, -0.15) is 0 Å². The van der Waals surface area contributed by atoms with Gasteiger partial charge < -0.3 is 14.4 Å². The zero-order valence-electron chi connectivity index (χ0n) is 12.1. The fraction of sp³-hybridized carbons (Fsp3) is 0.615. The smallest absolute Gasteiger partial charge is 0.329 e. The molecule has 0 fully saturated rings. The summed E-state index contributed by atoms with van der Waals surface area (Å²) in [6.07, 6.45) is 1.49. The first kappa shape index (κ1) is 15.2.